The molecule has 1 aromatic rings. The number of hydrogen-bond acceptors (Lipinski definition) is 2. The lowest BCUT2D eigenvalue weighted by Gasteiger charge is -2.22. The Morgan fingerprint density at radius 1 is 1.00 bits per heavy atom. The van der Waals surface area contributed by atoms with Crippen molar-refractivity contribution < 1.29 is 9.59 Å². The minimum absolute atomic E-state index is 0.0707. The number of benzene rings is 1. The van der Waals surface area contributed by atoms with Crippen molar-refractivity contribution in [2.45, 2.75) is 77.2 Å². The van der Waals surface area contributed by atoms with E-state index in [0.717, 1.165) is 18.4 Å². The van der Waals surface area contributed by atoms with Gasteiger partial charge in [0, 0.05) is 12.5 Å². The van der Waals surface area contributed by atoms with E-state index in [1.807, 2.05) is 0 Å². The first-order chi connectivity index (χ1) is 11.8. The Hall–Kier alpha value is -1.84. The highest BCUT2D eigenvalue weighted by Crippen LogP contribution is 2.22. The molecule has 25 heavy (non-hydrogen) atoms. The molecule has 138 valence electrons. The first-order valence-corrected chi connectivity index (χ1v) is 9.50. The molecule has 2 amide bonds. The Balaban J connectivity index is 1.67. The molecule has 1 aliphatic carbocycles. The minimum atomic E-state index is -0.0743. The van der Waals surface area contributed by atoms with Crippen LogP contribution in [-0.2, 0) is 21.4 Å². The summed E-state index contributed by atoms with van der Waals surface area (Å²) in [6.45, 7) is 6.65. The number of aryl methyl sites for hydroxylation is 1. The number of carbonyl (C=O) groups is 2. The molecule has 0 heterocycles. The lowest BCUT2D eigenvalue weighted by atomic mass is 9.86. The minimum Gasteiger partial charge on any atom is -0.352 e. The molecule has 0 radical (unpaired) electrons. The first-order valence-electron chi connectivity index (χ1n) is 9.50. The van der Waals surface area contributed by atoms with Crippen LogP contribution in [0.4, 0.5) is 0 Å². The van der Waals surface area contributed by atoms with Gasteiger partial charge in [-0.2, -0.15) is 0 Å². The molecule has 0 saturated heterocycles. The van der Waals surface area contributed by atoms with E-state index in [9.17, 15) is 9.59 Å². The molecule has 1 aromatic carbocycles. The fraction of sp³-hybridized carbons (Fsp3) is 0.619. The monoisotopic (exact) mass is 344 g/mol. The molecular weight excluding hydrogens is 312 g/mol. The Morgan fingerprint density at radius 3 is 2.24 bits per heavy atom. The van der Waals surface area contributed by atoms with E-state index >= 15 is 0 Å². The maximum absolute atomic E-state index is 11.9. The van der Waals surface area contributed by atoms with Crippen molar-refractivity contribution in [1.82, 2.24) is 10.6 Å². The second kappa shape index (κ2) is 9.02. The molecule has 0 aromatic heterocycles. The summed E-state index contributed by atoms with van der Waals surface area (Å²) >= 11 is 0. The quantitative estimate of drug-likeness (QED) is 0.830. The summed E-state index contributed by atoms with van der Waals surface area (Å²) in [5.41, 5.74) is 2.58. The lowest BCUT2D eigenvalue weighted by molar-refractivity contribution is -0.126. The Morgan fingerprint density at radius 2 is 1.64 bits per heavy atom. The molecule has 4 nitrogen and oxygen atoms in total. The van der Waals surface area contributed by atoms with Gasteiger partial charge >= 0.3 is 0 Å². The molecule has 0 atom stereocenters. The molecule has 1 saturated carbocycles. The van der Waals surface area contributed by atoms with Gasteiger partial charge in [-0.1, -0.05) is 64.3 Å². The third kappa shape index (κ3) is 6.89. The first kappa shape index (κ1) is 19.5. The van der Waals surface area contributed by atoms with Gasteiger partial charge in [0.1, 0.15) is 0 Å². The summed E-state index contributed by atoms with van der Waals surface area (Å²) in [4.78, 5) is 23.8. The molecule has 2 rings (SSSR count). The van der Waals surface area contributed by atoms with E-state index in [-0.39, 0.29) is 23.8 Å². The number of nitrogens with one attached hydrogen (secondary N) is 2. The smallest absolute Gasteiger partial charge is 0.239 e. The zero-order valence-electron chi connectivity index (χ0n) is 15.9. The summed E-state index contributed by atoms with van der Waals surface area (Å²) in [6, 6.07) is 8.72. The normalized spacial score (nSPS) is 15.6. The summed E-state index contributed by atoms with van der Waals surface area (Å²) < 4.78 is 0. The van der Waals surface area contributed by atoms with E-state index in [1.54, 1.807) is 0 Å². The van der Waals surface area contributed by atoms with Crippen LogP contribution >= 0.6 is 0 Å². The summed E-state index contributed by atoms with van der Waals surface area (Å²) in [7, 11) is 0. The van der Waals surface area contributed by atoms with Crippen LogP contribution in [0.15, 0.2) is 24.3 Å². The van der Waals surface area contributed by atoms with Crippen molar-refractivity contribution in [3.8, 4) is 0 Å². The van der Waals surface area contributed by atoms with E-state index in [2.05, 4.69) is 55.7 Å². The maximum Gasteiger partial charge on any atom is 0.239 e. The largest absolute Gasteiger partial charge is 0.352 e. The maximum atomic E-state index is 11.9. The van der Waals surface area contributed by atoms with E-state index in [1.165, 1.54) is 24.8 Å². The molecule has 0 bridgehead atoms. The SMILES string of the molecule is CC(C)(C)c1ccc(CCC(=O)NCC(=O)NC2CCCCC2)cc1. The Labute approximate surface area is 151 Å². The second-order valence-electron chi connectivity index (χ2n) is 8.13. The fourth-order valence-corrected chi connectivity index (χ4v) is 3.22. The highest BCUT2D eigenvalue weighted by Gasteiger charge is 2.16. The van der Waals surface area contributed by atoms with Gasteiger partial charge in [-0.15, -0.1) is 0 Å². The van der Waals surface area contributed by atoms with Crippen molar-refractivity contribution in [2.24, 2.45) is 0 Å². The van der Waals surface area contributed by atoms with Crippen LogP contribution in [0, 0.1) is 0 Å². The second-order valence-corrected chi connectivity index (χ2v) is 8.13. The average molecular weight is 344 g/mol. The van der Waals surface area contributed by atoms with Gasteiger partial charge in [0.05, 0.1) is 6.54 Å². The Bertz CT molecular complexity index is 567. The van der Waals surface area contributed by atoms with Crippen LogP contribution in [0.1, 0.15) is 70.4 Å². The topological polar surface area (TPSA) is 58.2 Å². The highest BCUT2D eigenvalue weighted by molar-refractivity contribution is 5.84. The zero-order valence-corrected chi connectivity index (χ0v) is 15.9. The van der Waals surface area contributed by atoms with Gasteiger partial charge in [0.15, 0.2) is 0 Å². The average Bonchev–Trinajstić information content (AvgIpc) is 2.58. The van der Waals surface area contributed by atoms with Crippen LogP contribution in [0.25, 0.3) is 0 Å². The molecule has 0 spiro atoms. The van der Waals surface area contributed by atoms with Crippen LogP contribution in [0.2, 0.25) is 0 Å². The summed E-state index contributed by atoms with van der Waals surface area (Å²) in [5.74, 6) is -0.145. The molecule has 2 N–H and O–H groups in total. The third-order valence-corrected chi connectivity index (χ3v) is 4.88. The molecule has 0 unspecified atom stereocenters. The Kier molecular flexibility index (Phi) is 7.03. The summed E-state index contributed by atoms with van der Waals surface area (Å²) in [6.07, 6.45) is 6.86. The van der Waals surface area contributed by atoms with Crippen molar-refractivity contribution in [3.63, 3.8) is 0 Å². The van der Waals surface area contributed by atoms with Gasteiger partial charge in [-0.05, 0) is 35.8 Å². The molecular formula is C21H32N2O2. The van der Waals surface area contributed by atoms with Crippen LogP contribution in [0.5, 0.6) is 0 Å². The fourth-order valence-electron chi connectivity index (χ4n) is 3.22. The number of rotatable bonds is 6. The van der Waals surface area contributed by atoms with Crippen molar-refractivity contribution >= 4 is 11.8 Å². The van der Waals surface area contributed by atoms with Gasteiger partial charge in [-0.25, -0.2) is 0 Å². The molecule has 4 heteroatoms. The number of hydrogen-bond donors (Lipinski definition) is 2. The van der Waals surface area contributed by atoms with Crippen molar-refractivity contribution in [2.75, 3.05) is 6.54 Å². The molecule has 1 aliphatic rings. The van der Waals surface area contributed by atoms with E-state index in [0.29, 0.717) is 18.9 Å². The van der Waals surface area contributed by atoms with Gasteiger partial charge in [0.2, 0.25) is 11.8 Å². The van der Waals surface area contributed by atoms with Crippen molar-refractivity contribution in [3.05, 3.63) is 35.4 Å². The summed E-state index contributed by atoms with van der Waals surface area (Å²) in [5, 5.41) is 5.74. The van der Waals surface area contributed by atoms with Crippen LogP contribution in [-0.4, -0.2) is 24.4 Å². The zero-order chi connectivity index (χ0) is 18.3. The van der Waals surface area contributed by atoms with Crippen LogP contribution in [0.3, 0.4) is 0 Å². The van der Waals surface area contributed by atoms with E-state index in [4.69, 9.17) is 0 Å². The van der Waals surface area contributed by atoms with Crippen LogP contribution < -0.4 is 10.6 Å². The molecule has 1 fully saturated rings. The van der Waals surface area contributed by atoms with Crippen molar-refractivity contribution in [1.29, 1.82) is 0 Å². The predicted octanol–water partition coefficient (Wildman–Crippen LogP) is 3.48. The highest BCUT2D eigenvalue weighted by atomic mass is 16.2. The van der Waals surface area contributed by atoms with E-state index < -0.39 is 0 Å². The third-order valence-electron chi connectivity index (χ3n) is 4.88. The predicted molar refractivity (Wildman–Crippen MR) is 101 cm³/mol. The number of carbonyl (C=O) groups excluding carboxylic acids is 2. The standard InChI is InChI=1S/C21H32N2O2/c1-21(2,3)17-12-9-16(10-13-17)11-14-19(24)22-15-20(25)23-18-7-5-4-6-8-18/h9-10,12-13,18H,4-8,11,14-15H2,1-3H3,(H,22,24)(H,23,25). The molecule has 0 aliphatic heterocycles. The van der Waals surface area contributed by atoms with Gasteiger partial charge in [0.25, 0.3) is 0 Å². The van der Waals surface area contributed by atoms with Gasteiger partial charge < -0.3 is 10.6 Å². The lowest BCUT2D eigenvalue weighted by Crippen LogP contribution is -2.42. The number of amides is 2. The van der Waals surface area contributed by atoms with Gasteiger partial charge in [-0.3, -0.25) is 9.59 Å².